The molecule has 0 radical (unpaired) electrons. The molecule has 1 atom stereocenters. The van der Waals surface area contributed by atoms with Crippen LogP contribution in [-0.2, 0) is 0 Å². The van der Waals surface area contributed by atoms with E-state index in [9.17, 15) is 0 Å². The van der Waals surface area contributed by atoms with Gasteiger partial charge in [-0.3, -0.25) is 0 Å². The van der Waals surface area contributed by atoms with E-state index in [0.29, 0.717) is 10.8 Å². The zero-order chi connectivity index (χ0) is 15.0. The maximum atomic E-state index is 6.30. The van der Waals surface area contributed by atoms with Crippen molar-refractivity contribution in [2.45, 2.75) is 26.8 Å². The minimum atomic E-state index is 0.155. The molecule has 1 aliphatic heterocycles. The Kier molecular flexibility index (Phi) is 3.68. The number of benzene rings is 2. The zero-order valence-corrected chi connectivity index (χ0v) is 13.1. The van der Waals surface area contributed by atoms with Crippen LogP contribution in [-0.4, -0.2) is 6.79 Å². The highest BCUT2D eigenvalue weighted by atomic mass is 35.5. The Morgan fingerprint density at radius 1 is 1.05 bits per heavy atom. The zero-order valence-electron chi connectivity index (χ0n) is 12.4. The summed E-state index contributed by atoms with van der Waals surface area (Å²) in [5.41, 5.74) is 4.67. The molecule has 0 aliphatic carbocycles. The highest BCUT2D eigenvalue weighted by Crippen LogP contribution is 2.40. The molecule has 110 valence electrons. The van der Waals surface area contributed by atoms with E-state index in [1.54, 1.807) is 6.07 Å². The quantitative estimate of drug-likeness (QED) is 0.878. The second-order valence-electron chi connectivity index (χ2n) is 5.40. The summed E-state index contributed by atoms with van der Waals surface area (Å²) in [5.74, 6) is 1.43. The predicted octanol–water partition coefficient (Wildman–Crippen LogP) is 4.86. The normalized spacial score (nSPS) is 14.1. The maximum Gasteiger partial charge on any atom is 0.231 e. The van der Waals surface area contributed by atoms with Crippen LogP contribution in [0.15, 0.2) is 30.3 Å². The van der Waals surface area contributed by atoms with Crippen LogP contribution in [0.25, 0.3) is 0 Å². The third-order valence-corrected chi connectivity index (χ3v) is 4.18. The Morgan fingerprint density at radius 2 is 1.76 bits per heavy atom. The van der Waals surface area contributed by atoms with Gasteiger partial charge < -0.3 is 14.8 Å². The molecule has 0 amide bonds. The molecule has 3 rings (SSSR count). The van der Waals surface area contributed by atoms with E-state index < -0.39 is 0 Å². The fourth-order valence-electron chi connectivity index (χ4n) is 2.38. The minimum absolute atomic E-state index is 0.155. The van der Waals surface area contributed by atoms with Gasteiger partial charge in [0.15, 0.2) is 11.5 Å². The maximum absolute atomic E-state index is 6.30. The third-order valence-electron chi connectivity index (χ3n) is 3.87. The number of nitrogens with one attached hydrogen (secondary N) is 1. The van der Waals surface area contributed by atoms with E-state index in [0.717, 1.165) is 11.4 Å². The fourth-order valence-corrected chi connectivity index (χ4v) is 2.59. The lowest BCUT2D eigenvalue weighted by molar-refractivity contribution is 0.174. The number of rotatable bonds is 3. The van der Waals surface area contributed by atoms with E-state index in [1.807, 2.05) is 6.07 Å². The molecule has 21 heavy (non-hydrogen) atoms. The molecule has 0 fully saturated rings. The van der Waals surface area contributed by atoms with Gasteiger partial charge in [-0.1, -0.05) is 29.8 Å². The molecule has 1 N–H and O–H groups in total. The number of fused-ring (bicyclic) bond motifs is 1. The standard InChI is InChI=1S/C17H18ClNO2/c1-10-4-5-13(6-11(10)2)12(3)19-15-8-17-16(7-14(15)18)20-9-21-17/h4-8,12,19H,9H2,1-3H3. The summed E-state index contributed by atoms with van der Waals surface area (Å²) in [6, 6.07) is 10.3. The summed E-state index contributed by atoms with van der Waals surface area (Å²) >= 11 is 6.30. The van der Waals surface area contributed by atoms with Gasteiger partial charge in [0.1, 0.15) is 0 Å². The van der Waals surface area contributed by atoms with Gasteiger partial charge >= 0.3 is 0 Å². The van der Waals surface area contributed by atoms with Gasteiger partial charge in [0, 0.05) is 18.2 Å². The summed E-state index contributed by atoms with van der Waals surface area (Å²) in [7, 11) is 0. The summed E-state index contributed by atoms with van der Waals surface area (Å²) in [5, 5.41) is 4.07. The third kappa shape index (κ3) is 2.79. The van der Waals surface area contributed by atoms with Gasteiger partial charge in [-0.15, -0.1) is 0 Å². The lowest BCUT2D eigenvalue weighted by atomic mass is 10.0. The summed E-state index contributed by atoms with van der Waals surface area (Å²) in [4.78, 5) is 0. The number of hydrogen-bond donors (Lipinski definition) is 1. The molecular weight excluding hydrogens is 286 g/mol. The fraction of sp³-hybridized carbons (Fsp3) is 0.294. The predicted molar refractivity (Wildman–Crippen MR) is 85.5 cm³/mol. The lowest BCUT2D eigenvalue weighted by Gasteiger charge is -2.18. The van der Waals surface area contributed by atoms with Crippen molar-refractivity contribution in [1.29, 1.82) is 0 Å². The van der Waals surface area contributed by atoms with Crippen LogP contribution < -0.4 is 14.8 Å². The Bertz CT molecular complexity index is 685. The molecular formula is C17H18ClNO2. The highest BCUT2D eigenvalue weighted by Gasteiger charge is 2.17. The van der Waals surface area contributed by atoms with Gasteiger partial charge in [0.25, 0.3) is 0 Å². The van der Waals surface area contributed by atoms with Crippen LogP contribution in [0.3, 0.4) is 0 Å². The van der Waals surface area contributed by atoms with Crippen molar-refractivity contribution in [3.63, 3.8) is 0 Å². The van der Waals surface area contributed by atoms with Crippen LogP contribution in [0, 0.1) is 13.8 Å². The Hall–Kier alpha value is -1.87. The largest absolute Gasteiger partial charge is 0.454 e. The van der Waals surface area contributed by atoms with Gasteiger partial charge in [0.05, 0.1) is 10.7 Å². The molecule has 0 bridgehead atoms. The summed E-state index contributed by atoms with van der Waals surface area (Å²) in [6.07, 6.45) is 0. The van der Waals surface area contributed by atoms with Crippen molar-refractivity contribution < 1.29 is 9.47 Å². The number of hydrogen-bond acceptors (Lipinski definition) is 3. The molecule has 1 heterocycles. The average molecular weight is 304 g/mol. The van der Waals surface area contributed by atoms with E-state index in [4.69, 9.17) is 21.1 Å². The van der Waals surface area contributed by atoms with Crippen molar-refractivity contribution in [3.05, 3.63) is 52.0 Å². The first-order valence-electron chi connectivity index (χ1n) is 6.97. The van der Waals surface area contributed by atoms with Crippen LogP contribution in [0.2, 0.25) is 5.02 Å². The first-order valence-corrected chi connectivity index (χ1v) is 7.35. The monoisotopic (exact) mass is 303 g/mol. The molecule has 2 aromatic rings. The van der Waals surface area contributed by atoms with Crippen molar-refractivity contribution in [1.82, 2.24) is 0 Å². The van der Waals surface area contributed by atoms with E-state index in [2.05, 4.69) is 44.3 Å². The van der Waals surface area contributed by atoms with Crippen molar-refractivity contribution >= 4 is 17.3 Å². The van der Waals surface area contributed by atoms with Crippen LogP contribution in [0.4, 0.5) is 5.69 Å². The Balaban J connectivity index is 1.84. The van der Waals surface area contributed by atoms with Crippen LogP contribution in [0.1, 0.15) is 29.7 Å². The first kappa shape index (κ1) is 14.1. The average Bonchev–Trinajstić information content (AvgIpc) is 2.89. The molecule has 0 aromatic heterocycles. The number of aryl methyl sites for hydroxylation is 2. The van der Waals surface area contributed by atoms with Gasteiger partial charge in [-0.2, -0.15) is 0 Å². The molecule has 0 spiro atoms. The van der Waals surface area contributed by atoms with E-state index in [1.165, 1.54) is 16.7 Å². The molecule has 4 heteroatoms. The van der Waals surface area contributed by atoms with Gasteiger partial charge in [0.2, 0.25) is 6.79 Å². The van der Waals surface area contributed by atoms with Crippen molar-refractivity contribution in [2.75, 3.05) is 12.1 Å². The second-order valence-corrected chi connectivity index (χ2v) is 5.80. The lowest BCUT2D eigenvalue weighted by Crippen LogP contribution is -2.07. The number of anilines is 1. The van der Waals surface area contributed by atoms with Crippen LogP contribution in [0.5, 0.6) is 11.5 Å². The van der Waals surface area contributed by atoms with Gasteiger partial charge in [-0.25, -0.2) is 0 Å². The Morgan fingerprint density at radius 3 is 2.48 bits per heavy atom. The van der Waals surface area contributed by atoms with E-state index >= 15 is 0 Å². The van der Waals surface area contributed by atoms with Crippen molar-refractivity contribution in [2.24, 2.45) is 0 Å². The Labute approximate surface area is 129 Å². The topological polar surface area (TPSA) is 30.5 Å². The first-order chi connectivity index (χ1) is 10.0. The molecule has 0 saturated heterocycles. The van der Waals surface area contributed by atoms with Crippen LogP contribution >= 0.6 is 11.6 Å². The smallest absolute Gasteiger partial charge is 0.231 e. The highest BCUT2D eigenvalue weighted by molar-refractivity contribution is 6.33. The summed E-state index contributed by atoms with van der Waals surface area (Å²) < 4.78 is 10.7. The molecule has 3 nitrogen and oxygen atoms in total. The molecule has 2 aromatic carbocycles. The number of ether oxygens (including phenoxy) is 2. The molecule has 1 unspecified atom stereocenters. The molecule has 1 aliphatic rings. The minimum Gasteiger partial charge on any atom is -0.454 e. The number of halogens is 1. The molecule has 0 saturated carbocycles. The van der Waals surface area contributed by atoms with Gasteiger partial charge in [-0.05, 0) is 37.5 Å². The SMILES string of the molecule is Cc1ccc(C(C)Nc2cc3c(cc2Cl)OCO3)cc1C. The van der Waals surface area contributed by atoms with E-state index in [-0.39, 0.29) is 12.8 Å². The van der Waals surface area contributed by atoms with Crippen molar-refractivity contribution in [3.8, 4) is 11.5 Å². The summed E-state index contributed by atoms with van der Waals surface area (Å²) in [6.45, 7) is 6.61. The second kappa shape index (κ2) is 5.49.